The second kappa shape index (κ2) is 9.09. The molecule has 0 amide bonds. The number of aliphatic hydroxyl groups excluding tert-OH is 1. The van der Waals surface area contributed by atoms with Crippen molar-refractivity contribution in [3.63, 3.8) is 0 Å². The highest BCUT2D eigenvalue weighted by Gasteiger charge is 2.13. The first-order valence-electron chi connectivity index (χ1n) is 6.62. The molecular formula is C15H20O5. The van der Waals surface area contributed by atoms with E-state index in [0.29, 0.717) is 31.4 Å². The average molecular weight is 280 g/mol. The van der Waals surface area contributed by atoms with Gasteiger partial charge in [0.2, 0.25) is 0 Å². The number of para-hydroxylation sites is 1. The summed E-state index contributed by atoms with van der Waals surface area (Å²) >= 11 is 0. The van der Waals surface area contributed by atoms with Crippen molar-refractivity contribution in [1.82, 2.24) is 0 Å². The molecule has 20 heavy (non-hydrogen) atoms. The third-order valence-corrected chi connectivity index (χ3v) is 2.77. The molecule has 1 atom stereocenters. The summed E-state index contributed by atoms with van der Waals surface area (Å²) < 4.78 is 9.59. The zero-order valence-electron chi connectivity index (χ0n) is 11.6. The van der Waals surface area contributed by atoms with Gasteiger partial charge in [0, 0.05) is 6.42 Å². The molecule has 1 aromatic carbocycles. The predicted molar refractivity (Wildman–Crippen MR) is 73.2 cm³/mol. The van der Waals surface area contributed by atoms with Crippen molar-refractivity contribution >= 4 is 11.9 Å². The lowest BCUT2D eigenvalue weighted by atomic mass is 10.1. The van der Waals surface area contributed by atoms with Crippen molar-refractivity contribution in [3.05, 3.63) is 30.3 Å². The van der Waals surface area contributed by atoms with E-state index in [4.69, 9.17) is 4.74 Å². The minimum Gasteiger partial charge on any atom is -0.469 e. The molecule has 1 rings (SSSR count). The minimum absolute atomic E-state index is 0.0485. The lowest BCUT2D eigenvalue weighted by Crippen LogP contribution is -2.18. The average Bonchev–Trinajstić information content (AvgIpc) is 2.44. The van der Waals surface area contributed by atoms with E-state index in [-0.39, 0.29) is 12.4 Å². The van der Waals surface area contributed by atoms with Crippen LogP contribution in [0.4, 0.5) is 0 Å². The summed E-state index contributed by atoms with van der Waals surface area (Å²) in [7, 11) is 1.34. The lowest BCUT2D eigenvalue weighted by molar-refractivity contribution is -0.141. The summed E-state index contributed by atoms with van der Waals surface area (Å²) in [5.74, 6) is -0.255. The Balaban J connectivity index is 2.17. The normalized spacial score (nSPS) is 11.7. The SMILES string of the molecule is COC(=O)CCCC[C@H](O)CC(=O)Oc1ccccc1. The number of esters is 2. The van der Waals surface area contributed by atoms with Crippen LogP contribution in [0.2, 0.25) is 0 Å². The van der Waals surface area contributed by atoms with Crippen LogP contribution in [0.3, 0.4) is 0 Å². The molecule has 0 fully saturated rings. The second-order valence-electron chi connectivity index (χ2n) is 4.47. The molecule has 0 saturated heterocycles. The molecular weight excluding hydrogens is 260 g/mol. The van der Waals surface area contributed by atoms with Crippen molar-refractivity contribution in [1.29, 1.82) is 0 Å². The topological polar surface area (TPSA) is 72.8 Å². The molecule has 1 aromatic rings. The van der Waals surface area contributed by atoms with Gasteiger partial charge in [0.1, 0.15) is 5.75 Å². The highest BCUT2D eigenvalue weighted by Crippen LogP contribution is 2.12. The third-order valence-electron chi connectivity index (χ3n) is 2.77. The van der Waals surface area contributed by atoms with E-state index in [2.05, 4.69) is 4.74 Å². The highest BCUT2D eigenvalue weighted by atomic mass is 16.5. The van der Waals surface area contributed by atoms with Crippen LogP contribution in [-0.2, 0) is 14.3 Å². The van der Waals surface area contributed by atoms with Gasteiger partial charge in [-0.15, -0.1) is 0 Å². The molecule has 5 nitrogen and oxygen atoms in total. The Bertz CT molecular complexity index is 416. The maximum absolute atomic E-state index is 11.6. The lowest BCUT2D eigenvalue weighted by Gasteiger charge is -2.10. The number of carbonyl (C=O) groups excluding carboxylic acids is 2. The Hall–Kier alpha value is -1.88. The van der Waals surface area contributed by atoms with E-state index in [1.165, 1.54) is 7.11 Å². The zero-order chi connectivity index (χ0) is 14.8. The monoisotopic (exact) mass is 280 g/mol. The Morgan fingerprint density at radius 1 is 1.15 bits per heavy atom. The van der Waals surface area contributed by atoms with Gasteiger partial charge in [0.05, 0.1) is 19.6 Å². The zero-order valence-corrected chi connectivity index (χ0v) is 11.6. The van der Waals surface area contributed by atoms with E-state index in [0.717, 1.165) is 0 Å². The van der Waals surface area contributed by atoms with Crippen molar-refractivity contribution in [3.8, 4) is 5.75 Å². The largest absolute Gasteiger partial charge is 0.469 e. The van der Waals surface area contributed by atoms with Crippen molar-refractivity contribution in [2.24, 2.45) is 0 Å². The first kappa shape index (κ1) is 16.2. The fraction of sp³-hybridized carbons (Fsp3) is 0.467. The van der Waals surface area contributed by atoms with Gasteiger partial charge in [-0.2, -0.15) is 0 Å². The number of benzene rings is 1. The van der Waals surface area contributed by atoms with Crippen LogP contribution in [-0.4, -0.2) is 30.3 Å². The molecule has 0 spiro atoms. The molecule has 0 aliphatic heterocycles. The van der Waals surface area contributed by atoms with Gasteiger partial charge in [-0.1, -0.05) is 24.6 Å². The Morgan fingerprint density at radius 2 is 1.85 bits per heavy atom. The van der Waals surface area contributed by atoms with Gasteiger partial charge in [-0.3, -0.25) is 9.59 Å². The van der Waals surface area contributed by atoms with E-state index < -0.39 is 12.1 Å². The van der Waals surface area contributed by atoms with E-state index in [1.54, 1.807) is 24.3 Å². The Labute approximate surface area is 118 Å². The van der Waals surface area contributed by atoms with Crippen LogP contribution in [0, 0.1) is 0 Å². The summed E-state index contributed by atoms with van der Waals surface area (Å²) in [6, 6.07) is 8.73. The van der Waals surface area contributed by atoms with Crippen molar-refractivity contribution in [2.75, 3.05) is 7.11 Å². The van der Waals surface area contributed by atoms with E-state index in [1.807, 2.05) is 6.07 Å². The number of ether oxygens (including phenoxy) is 2. The minimum atomic E-state index is -0.746. The number of carbonyl (C=O) groups is 2. The van der Waals surface area contributed by atoms with Gasteiger partial charge in [0.25, 0.3) is 0 Å². The number of aliphatic hydroxyl groups is 1. The van der Waals surface area contributed by atoms with Crippen LogP contribution < -0.4 is 4.74 Å². The summed E-state index contributed by atoms with van der Waals surface area (Å²) in [5.41, 5.74) is 0. The van der Waals surface area contributed by atoms with Crippen LogP contribution >= 0.6 is 0 Å². The van der Waals surface area contributed by atoms with Crippen LogP contribution in [0.25, 0.3) is 0 Å². The fourth-order valence-electron chi connectivity index (χ4n) is 1.71. The van der Waals surface area contributed by atoms with Crippen LogP contribution in [0.1, 0.15) is 32.1 Å². The summed E-state index contributed by atoms with van der Waals surface area (Å²) in [4.78, 5) is 22.4. The van der Waals surface area contributed by atoms with Gasteiger partial charge in [-0.25, -0.2) is 0 Å². The standard InChI is InChI=1S/C15H20O5/c1-19-14(17)10-6-5-7-12(16)11-15(18)20-13-8-3-2-4-9-13/h2-4,8-9,12,16H,5-7,10-11H2,1H3/t12-/m0/s1. The quantitative estimate of drug-likeness (QED) is 0.448. The molecule has 110 valence electrons. The van der Waals surface area contributed by atoms with E-state index >= 15 is 0 Å². The molecule has 1 N–H and O–H groups in total. The van der Waals surface area contributed by atoms with Gasteiger partial charge >= 0.3 is 11.9 Å². The molecule has 0 radical (unpaired) electrons. The molecule has 0 heterocycles. The van der Waals surface area contributed by atoms with E-state index in [9.17, 15) is 14.7 Å². The first-order chi connectivity index (χ1) is 9.61. The van der Waals surface area contributed by atoms with Crippen LogP contribution in [0.5, 0.6) is 5.75 Å². The fourth-order valence-corrected chi connectivity index (χ4v) is 1.71. The molecule has 0 aromatic heterocycles. The maximum Gasteiger partial charge on any atom is 0.313 e. The second-order valence-corrected chi connectivity index (χ2v) is 4.47. The third kappa shape index (κ3) is 6.89. The number of methoxy groups -OCH3 is 1. The Morgan fingerprint density at radius 3 is 2.50 bits per heavy atom. The number of hydrogen-bond acceptors (Lipinski definition) is 5. The number of rotatable bonds is 8. The smallest absolute Gasteiger partial charge is 0.313 e. The highest BCUT2D eigenvalue weighted by molar-refractivity contribution is 5.72. The molecule has 5 heteroatoms. The number of hydrogen-bond donors (Lipinski definition) is 1. The Kier molecular flexibility index (Phi) is 7.35. The summed E-state index contributed by atoms with van der Waals surface area (Å²) in [5, 5.41) is 9.70. The molecule has 0 unspecified atom stereocenters. The van der Waals surface area contributed by atoms with Crippen molar-refractivity contribution in [2.45, 2.75) is 38.2 Å². The molecule has 0 aliphatic carbocycles. The number of unbranched alkanes of at least 4 members (excludes halogenated alkanes) is 1. The summed E-state index contributed by atoms with van der Waals surface area (Å²) in [6.45, 7) is 0. The summed E-state index contributed by atoms with van der Waals surface area (Å²) in [6.07, 6.45) is 1.29. The molecule has 0 saturated carbocycles. The van der Waals surface area contributed by atoms with Gasteiger partial charge < -0.3 is 14.6 Å². The van der Waals surface area contributed by atoms with Crippen LogP contribution in [0.15, 0.2) is 30.3 Å². The van der Waals surface area contributed by atoms with Gasteiger partial charge in [-0.05, 0) is 25.0 Å². The predicted octanol–water partition coefficient (Wildman–Crippen LogP) is 2.08. The molecule has 0 bridgehead atoms. The van der Waals surface area contributed by atoms with Crippen molar-refractivity contribution < 1.29 is 24.2 Å². The maximum atomic E-state index is 11.6. The first-order valence-corrected chi connectivity index (χ1v) is 6.62. The molecule has 0 aliphatic rings. The van der Waals surface area contributed by atoms with Gasteiger partial charge in [0.15, 0.2) is 0 Å².